The summed E-state index contributed by atoms with van der Waals surface area (Å²) in [6, 6.07) is 13.7. The fourth-order valence-electron chi connectivity index (χ4n) is 2.85. The first kappa shape index (κ1) is 17.2. The van der Waals surface area contributed by atoms with Crippen LogP contribution in [0.1, 0.15) is 11.6 Å². The van der Waals surface area contributed by atoms with Gasteiger partial charge in [0.05, 0.1) is 11.0 Å². The number of hydrogen-bond acceptors (Lipinski definition) is 4. The van der Waals surface area contributed by atoms with Crippen LogP contribution in [0, 0.1) is 16.0 Å². The maximum absolute atomic E-state index is 12.8. The molecular weight excluding hydrogens is 336 g/mol. The lowest BCUT2D eigenvalue weighted by atomic mass is 9.88. The molecule has 1 aliphatic rings. The highest BCUT2D eigenvalue weighted by Gasteiger charge is 2.37. The number of anilines is 1. The first-order chi connectivity index (χ1) is 12.5. The van der Waals surface area contributed by atoms with Crippen molar-refractivity contribution in [2.45, 2.75) is 6.04 Å². The van der Waals surface area contributed by atoms with Gasteiger partial charge < -0.3 is 16.0 Å². The van der Waals surface area contributed by atoms with Crippen molar-refractivity contribution in [3.8, 4) is 0 Å². The van der Waals surface area contributed by atoms with Gasteiger partial charge in [-0.1, -0.05) is 43.0 Å². The van der Waals surface area contributed by atoms with E-state index in [1.165, 1.54) is 18.2 Å². The number of benzene rings is 2. The van der Waals surface area contributed by atoms with E-state index < -0.39 is 28.8 Å². The zero-order valence-corrected chi connectivity index (χ0v) is 13.6. The predicted molar refractivity (Wildman–Crippen MR) is 95.2 cm³/mol. The van der Waals surface area contributed by atoms with Crippen molar-refractivity contribution < 1.29 is 14.5 Å². The number of amides is 3. The molecule has 132 valence electrons. The molecule has 1 aliphatic heterocycles. The van der Waals surface area contributed by atoms with Crippen LogP contribution in [0.15, 0.2) is 66.9 Å². The molecule has 0 saturated carbocycles. The number of carbonyl (C=O) groups is 2. The van der Waals surface area contributed by atoms with Gasteiger partial charge in [0.1, 0.15) is 5.92 Å². The van der Waals surface area contributed by atoms with E-state index in [1.807, 2.05) is 18.2 Å². The molecule has 8 heteroatoms. The summed E-state index contributed by atoms with van der Waals surface area (Å²) in [4.78, 5) is 35.0. The minimum atomic E-state index is -0.783. The fourth-order valence-corrected chi connectivity index (χ4v) is 2.85. The van der Waals surface area contributed by atoms with Gasteiger partial charge in [0.25, 0.3) is 5.69 Å². The van der Waals surface area contributed by atoms with Gasteiger partial charge in [-0.15, -0.1) is 0 Å². The smallest absolute Gasteiger partial charge is 0.319 e. The standard InChI is InChI=1S/C18H16N4O4/c1-11-15(16(21-18(24)19-11)12-6-3-2-4-7-12)17(23)20-13-8-5-9-14(10-13)22(25)26/h2-10,15-16H,1H2,(H,20,23)(H2,19,21,24)/t15-,16+/m0/s1. The molecule has 0 unspecified atom stereocenters. The normalized spacial score (nSPS) is 19.2. The highest BCUT2D eigenvalue weighted by molar-refractivity contribution is 5.97. The fraction of sp³-hybridized carbons (Fsp3) is 0.111. The number of nitrogens with zero attached hydrogens (tertiary/aromatic N) is 1. The highest BCUT2D eigenvalue weighted by Crippen LogP contribution is 2.30. The molecule has 3 N–H and O–H groups in total. The molecule has 0 spiro atoms. The maximum Gasteiger partial charge on any atom is 0.319 e. The van der Waals surface area contributed by atoms with Crippen LogP contribution < -0.4 is 16.0 Å². The summed E-state index contributed by atoms with van der Waals surface area (Å²) in [5.74, 6) is -1.22. The molecule has 0 aliphatic carbocycles. The molecule has 3 rings (SSSR count). The molecule has 1 heterocycles. The summed E-state index contributed by atoms with van der Waals surface area (Å²) in [6.07, 6.45) is 0. The number of nitro groups is 1. The van der Waals surface area contributed by atoms with E-state index in [-0.39, 0.29) is 11.4 Å². The van der Waals surface area contributed by atoms with Crippen molar-refractivity contribution >= 4 is 23.3 Å². The number of nitrogens with one attached hydrogen (secondary N) is 3. The third-order valence-corrected chi connectivity index (χ3v) is 4.04. The second kappa shape index (κ2) is 7.06. The van der Waals surface area contributed by atoms with Crippen LogP contribution in [0.5, 0.6) is 0 Å². The Morgan fingerprint density at radius 1 is 1.15 bits per heavy atom. The molecule has 0 radical (unpaired) electrons. The lowest BCUT2D eigenvalue weighted by molar-refractivity contribution is -0.384. The van der Waals surface area contributed by atoms with Crippen LogP contribution in [0.2, 0.25) is 0 Å². The van der Waals surface area contributed by atoms with E-state index >= 15 is 0 Å². The Balaban J connectivity index is 1.87. The van der Waals surface area contributed by atoms with Crippen LogP contribution in [-0.2, 0) is 4.79 Å². The second-order valence-corrected chi connectivity index (χ2v) is 5.79. The van der Waals surface area contributed by atoms with E-state index in [9.17, 15) is 19.7 Å². The topological polar surface area (TPSA) is 113 Å². The Labute approximate surface area is 149 Å². The molecule has 3 amide bonds. The number of rotatable bonds is 4. The summed E-state index contributed by atoms with van der Waals surface area (Å²) in [5.41, 5.74) is 1.17. The molecule has 0 aromatic heterocycles. The number of carbonyl (C=O) groups excluding carboxylic acids is 2. The third kappa shape index (κ3) is 3.54. The SMILES string of the molecule is C=C1NC(=O)N[C@H](c2ccccc2)[C@H]1C(=O)Nc1cccc([N+](=O)[O-])c1. The first-order valence-electron chi connectivity index (χ1n) is 7.82. The largest absolute Gasteiger partial charge is 0.330 e. The monoisotopic (exact) mass is 352 g/mol. The molecule has 0 bridgehead atoms. The van der Waals surface area contributed by atoms with Crippen molar-refractivity contribution in [2.75, 3.05) is 5.32 Å². The van der Waals surface area contributed by atoms with E-state index in [0.29, 0.717) is 5.69 Å². The van der Waals surface area contributed by atoms with Gasteiger partial charge in [-0.05, 0) is 11.6 Å². The lowest BCUT2D eigenvalue weighted by Crippen LogP contribution is -2.51. The quantitative estimate of drug-likeness (QED) is 0.580. The number of hydrogen-bond donors (Lipinski definition) is 3. The van der Waals surface area contributed by atoms with Crippen LogP contribution in [0.25, 0.3) is 0 Å². The third-order valence-electron chi connectivity index (χ3n) is 4.04. The van der Waals surface area contributed by atoms with Gasteiger partial charge in [-0.2, -0.15) is 0 Å². The Morgan fingerprint density at radius 3 is 2.58 bits per heavy atom. The summed E-state index contributed by atoms with van der Waals surface area (Å²) in [5, 5.41) is 18.8. The van der Waals surface area contributed by atoms with Crippen molar-refractivity contribution in [2.24, 2.45) is 5.92 Å². The van der Waals surface area contributed by atoms with Gasteiger partial charge in [-0.25, -0.2) is 4.79 Å². The molecule has 2 atom stereocenters. The lowest BCUT2D eigenvalue weighted by Gasteiger charge is -2.33. The van der Waals surface area contributed by atoms with Crippen molar-refractivity contribution in [3.63, 3.8) is 0 Å². The number of non-ortho nitro benzene ring substituents is 1. The van der Waals surface area contributed by atoms with Crippen LogP contribution >= 0.6 is 0 Å². The van der Waals surface area contributed by atoms with Crippen molar-refractivity contribution in [3.05, 3.63) is 82.6 Å². The van der Waals surface area contributed by atoms with Gasteiger partial charge in [-0.3, -0.25) is 14.9 Å². The summed E-state index contributed by atoms with van der Waals surface area (Å²) in [7, 11) is 0. The minimum Gasteiger partial charge on any atom is -0.330 e. The predicted octanol–water partition coefficient (Wildman–Crippen LogP) is 2.72. The molecule has 2 aromatic carbocycles. The zero-order valence-electron chi connectivity index (χ0n) is 13.6. The van der Waals surface area contributed by atoms with Crippen LogP contribution in [0.4, 0.5) is 16.2 Å². The molecular formula is C18H16N4O4. The minimum absolute atomic E-state index is 0.128. The molecule has 1 fully saturated rings. The Kier molecular flexibility index (Phi) is 4.66. The summed E-state index contributed by atoms with van der Waals surface area (Å²) >= 11 is 0. The van der Waals surface area contributed by atoms with Crippen LogP contribution in [0.3, 0.4) is 0 Å². The second-order valence-electron chi connectivity index (χ2n) is 5.79. The average Bonchev–Trinajstić information content (AvgIpc) is 2.61. The van der Waals surface area contributed by atoms with E-state index in [1.54, 1.807) is 18.2 Å². The first-order valence-corrected chi connectivity index (χ1v) is 7.82. The molecule has 26 heavy (non-hydrogen) atoms. The van der Waals surface area contributed by atoms with Gasteiger partial charge in [0, 0.05) is 23.5 Å². The molecule has 2 aromatic rings. The van der Waals surface area contributed by atoms with Gasteiger partial charge >= 0.3 is 6.03 Å². The molecule has 8 nitrogen and oxygen atoms in total. The Bertz CT molecular complexity index is 882. The molecule has 1 saturated heterocycles. The zero-order chi connectivity index (χ0) is 18.7. The van der Waals surface area contributed by atoms with Crippen LogP contribution in [-0.4, -0.2) is 16.9 Å². The van der Waals surface area contributed by atoms with E-state index in [0.717, 1.165) is 5.56 Å². The van der Waals surface area contributed by atoms with Gasteiger partial charge in [0.2, 0.25) is 5.91 Å². The number of urea groups is 1. The summed E-state index contributed by atoms with van der Waals surface area (Å²) < 4.78 is 0. The summed E-state index contributed by atoms with van der Waals surface area (Å²) in [6.45, 7) is 3.79. The van der Waals surface area contributed by atoms with Crippen molar-refractivity contribution in [1.82, 2.24) is 10.6 Å². The maximum atomic E-state index is 12.8. The average molecular weight is 352 g/mol. The van der Waals surface area contributed by atoms with E-state index in [2.05, 4.69) is 22.5 Å². The number of nitro benzene ring substituents is 1. The van der Waals surface area contributed by atoms with E-state index in [4.69, 9.17) is 0 Å². The Morgan fingerprint density at radius 2 is 1.88 bits per heavy atom. The Hall–Kier alpha value is -3.68. The van der Waals surface area contributed by atoms with Gasteiger partial charge in [0.15, 0.2) is 0 Å². The highest BCUT2D eigenvalue weighted by atomic mass is 16.6. The van der Waals surface area contributed by atoms with Crippen molar-refractivity contribution in [1.29, 1.82) is 0 Å².